The lowest BCUT2D eigenvalue weighted by molar-refractivity contribution is 0.165. The summed E-state index contributed by atoms with van der Waals surface area (Å²) >= 11 is 0. The third-order valence-electron chi connectivity index (χ3n) is 1.52. The third-order valence-corrected chi connectivity index (χ3v) is 1.52. The van der Waals surface area contributed by atoms with Gasteiger partial charge < -0.3 is 10.2 Å². The second kappa shape index (κ2) is 6.14. The molecule has 2 unspecified atom stereocenters. The van der Waals surface area contributed by atoms with Crippen molar-refractivity contribution in [2.24, 2.45) is 5.92 Å². The summed E-state index contributed by atoms with van der Waals surface area (Å²) in [5.41, 5.74) is 0. The van der Waals surface area contributed by atoms with E-state index in [-0.39, 0.29) is 12.5 Å². The summed E-state index contributed by atoms with van der Waals surface area (Å²) in [4.78, 5) is 0. The number of aliphatic hydroxyl groups excluding tert-OH is 2. The molecule has 0 heterocycles. The van der Waals surface area contributed by atoms with Gasteiger partial charge in [0.1, 0.15) is 0 Å². The topological polar surface area (TPSA) is 64.2 Å². The molecule has 0 bridgehead atoms. The fourth-order valence-corrected chi connectivity index (χ4v) is 0.985. The molecule has 3 nitrogen and oxygen atoms in total. The molecule has 0 aromatic heterocycles. The van der Waals surface area contributed by atoms with E-state index in [2.05, 4.69) is 6.07 Å². The van der Waals surface area contributed by atoms with Crippen molar-refractivity contribution in [3.63, 3.8) is 0 Å². The maximum Gasteiger partial charge on any atom is 0.0656 e. The van der Waals surface area contributed by atoms with Gasteiger partial charge in [-0.1, -0.05) is 0 Å². The van der Waals surface area contributed by atoms with Crippen molar-refractivity contribution in [1.82, 2.24) is 0 Å². The Kier molecular flexibility index (Phi) is 5.81. The van der Waals surface area contributed by atoms with Crippen LogP contribution in [0.15, 0.2) is 0 Å². The van der Waals surface area contributed by atoms with Crippen molar-refractivity contribution in [2.45, 2.75) is 32.3 Å². The average Bonchev–Trinajstić information content (AvgIpc) is 1.97. The maximum absolute atomic E-state index is 8.94. The van der Waals surface area contributed by atoms with Crippen molar-refractivity contribution in [1.29, 1.82) is 5.26 Å². The number of hydrogen-bond donors (Lipinski definition) is 2. The number of rotatable bonds is 5. The highest BCUT2D eigenvalue weighted by molar-refractivity contribution is 4.83. The van der Waals surface area contributed by atoms with E-state index in [1.807, 2.05) is 0 Å². The quantitative estimate of drug-likeness (QED) is 0.616. The molecule has 0 spiro atoms. The molecule has 0 amide bonds. The molecular formula is C8H15NO2. The maximum atomic E-state index is 8.94. The molecule has 0 aromatic carbocycles. The van der Waals surface area contributed by atoms with Crippen LogP contribution in [-0.4, -0.2) is 22.9 Å². The molecule has 0 saturated heterocycles. The average molecular weight is 157 g/mol. The van der Waals surface area contributed by atoms with Gasteiger partial charge in [-0.15, -0.1) is 0 Å². The van der Waals surface area contributed by atoms with Crippen LogP contribution in [0.3, 0.4) is 0 Å². The predicted molar refractivity (Wildman–Crippen MR) is 41.7 cm³/mol. The fourth-order valence-electron chi connectivity index (χ4n) is 0.985. The molecule has 0 rings (SSSR count). The standard InChI is InChI=1S/C8H15NO2/c1-7(11)5-8(6-9)3-2-4-10/h7-8,10-11H,2-5H2,1H3. The molecule has 2 N–H and O–H groups in total. The van der Waals surface area contributed by atoms with Crippen LogP contribution in [0.2, 0.25) is 0 Å². The van der Waals surface area contributed by atoms with E-state index in [1.54, 1.807) is 6.92 Å². The first-order valence-corrected chi connectivity index (χ1v) is 3.89. The minimum atomic E-state index is -0.418. The van der Waals surface area contributed by atoms with Crippen molar-refractivity contribution < 1.29 is 10.2 Å². The van der Waals surface area contributed by atoms with Crippen LogP contribution in [0.25, 0.3) is 0 Å². The normalized spacial score (nSPS) is 15.5. The molecule has 0 aliphatic rings. The van der Waals surface area contributed by atoms with Gasteiger partial charge >= 0.3 is 0 Å². The van der Waals surface area contributed by atoms with E-state index in [0.717, 1.165) is 0 Å². The lowest BCUT2D eigenvalue weighted by Gasteiger charge is -2.09. The Morgan fingerprint density at radius 2 is 2.18 bits per heavy atom. The first-order valence-electron chi connectivity index (χ1n) is 3.89. The van der Waals surface area contributed by atoms with Gasteiger partial charge in [-0.2, -0.15) is 5.26 Å². The van der Waals surface area contributed by atoms with Crippen LogP contribution in [0.4, 0.5) is 0 Å². The Balaban J connectivity index is 3.52. The fraction of sp³-hybridized carbons (Fsp3) is 0.875. The van der Waals surface area contributed by atoms with Crippen molar-refractivity contribution >= 4 is 0 Å². The lowest BCUT2D eigenvalue weighted by atomic mass is 9.99. The van der Waals surface area contributed by atoms with E-state index in [4.69, 9.17) is 15.5 Å². The minimum absolute atomic E-state index is 0.109. The molecular weight excluding hydrogens is 142 g/mol. The number of hydrogen-bond acceptors (Lipinski definition) is 3. The highest BCUT2D eigenvalue weighted by Gasteiger charge is 2.09. The van der Waals surface area contributed by atoms with Crippen LogP contribution in [0.1, 0.15) is 26.2 Å². The van der Waals surface area contributed by atoms with Crippen molar-refractivity contribution in [3.05, 3.63) is 0 Å². The van der Waals surface area contributed by atoms with Crippen LogP contribution in [0, 0.1) is 17.2 Å². The van der Waals surface area contributed by atoms with E-state index < -0.39 is 6.10 Å². The monoisotopic (exact) mass is 157 g/mol. The molecule has 0 saturated carbocycles. The lowest BCUT2D eigenvalue weighted by Crippen LogP contribution is -2.08. The van der Waals surface area contributed by atoms with Crippen LogP contribution in [0.5, 0.6) is 0 Å². The Labute approximate surface area is 67.3 Å². The van der Waals surface area contributed by atoms with E-state index in [1.165, 1.54) is 0 Å². The summed E-state index contributed by atoms with van der Waals surface area (Å²) in [5, 5.41) is 26.0. The van der Waals surface area contributed by atoms with E-state index in [0.29, 0.717) is 19.3 Å². The third kappa shape index (κ3) is 5.84. The minimum Gasteiger partial charge on any atom is -0.396 e. The zero-order valence-corrected chi connectivity index (χ0v) is 6.82. The van der Waals surface area contributed by atoms with Gasteiger partial charge in [-0.05, 0) is 26.2 Å². The SMILES string of the molecule is CC(O)CC(C#N)CCCO. The molecule has 0 aromatic rings. The van der Waals surface area contributed by atoms with Gasteiger partial charge in [0.25, 0.3) is 0 Å². The smallest absolute Gasteiger partial charge is 0.0656 e. The van der Waals surface area contributed by atoms with Gasteiger partial charge in [0.2, 0.25) is 0 Å². The molecule has 11 heavy (non-hydrogen) atoms. The molecule has 0 radical (unpaired) electrons. The van der Waals surface area contributed by atoms with E-state index in [9.17, 15) is 0 Å². The van der Waals surface area contributed by atoms with Crippen molar-refractivity contribution in [2.75, 3.05) is 6.61 Å². The summed E-state index contributed by atoms with van der Waals surface area (Å²) < 4.78 is 0. The van der Waals surface area contributed by atoms with E-state index >= 15 is 0 Å². The van der Waals surface area contributed by atoms with Gasteiger partial charge in [0, 0.05) is 12.5 Å². The summed E-state index contributed by atoms with van der Waals surface area (Å²) in [5.74, 6) is -0.109. The predicted octanol–water partition coefficient (Wildman–Crippen LogP) is 0.670. The van der Waals surface area contributed by atoms with Crippen LogP contribution < -0.4 is 0 Å². The first kappa shape index (κ1) is 10.4. The summed E-state index contributed by atoms with van der Waals surface area (Å²) in [6.45, 7) is 1.79. The highest BCUT2D eigenvalue weighted by Crippen LogP contribution is 2.11. The molecule has 0 aliphatic heterocycles. The Morgan fingerprint density at radius 1 is 1.55 bits per heavy atom. The Hall–Kier alpha value is -0.590. The van der Waals surface area contributed by atoms with Crippen LogP contribution in [-0.2, 0) is 0 Å². The zero-order valence-electron chi connectivity index (χ0n) is 6.82. The number of nitriles is 1. The first-order chi connectivity index (χ1) is 5.20. The highest BCUT2D eigenvalue weighted by atomic mass is 16.3. The Bertz CT molecular complexity index is 129. The van der Waals surface area contributed by atoms with Gasteiger partial charge in [0.15, 0.2) is 0 Å². The number of nitrogens with zero attached hydrogens (tertiary/aromatic N) is 1. The number of aliphatic hydroxyl groups is 2. The van der Waals surface area contributed by atoms with Gasteiger partial charge in [-0.3, -0.25) is 0 Å². The molecule has 3 heteroatoms. The second-order valence-electron chi connectivity index (χ2n) is 2.78. The van der Waals surface area contributed by atoms with Crippen molar-refractivity contribution in [3.8, 4) is 6.07 Å². The zero-order chi connectivity index (χ0) is 8.69. The van der Waals surface area contributed by atoms with Gasteiger partial charge in [0.05, 0.1) is 12.2 Å². The van der Waals surface area contributed by atoms with Crippen LogP contribution >= 0.6 is 0 Å². The van der Waals surface area contributed by atoms with Gasteiger partial charge in [-0.25, -0.2) is 0 Å². The second-order valence-corrected chi connectivity index (χ2v) is 2.78. The summed E-state index contributed by atoms with van der Waals surface area (Å²) in [6.07, 6.45) is 1.41. The molecule has 64 valence electrons. The Morgan fingerprint density at radius 3 is 2.55 bits per heavy atom. The summed E-state index contributed by atoms with van der Waals surface area (Å²) in [6, 6.07) is 2.10. The molecule has 2 atom stereocenters. The molecule has 0 aliphatic carbocycles. The molecule has 0 fully saturated rings. The largest absolute Gasteiger partial charge is 0.396 e. The summed E-state index contributed by atoms with van der Waals surface area (Å²) in [7, 11) is 0.